The molecule has 3 heteroatoms. The van der Waals surface area contributed by atoms with Crippen molar-refractivity contribution in [2.75, 3.05) is 0 Å². The first-order chi connectivity index (χ1) is 6.75. The molecule has 0 aliphatic heterocycles. The van der Waals surface area contributed by atoms with Crippen LogP contribution in [-0.4, -0.2) is 9.61 Å². The van der Waals surface area contributed by atoms with Crippen LogP contribution in [0.1, 0.15) is 30.0 Å². The van der Waals surface area contributed by atoms with Gasteiger partial charge in [0.1, 0.15) is 5.82 Å². The van der Waals surface area contributed by atoms with Crippen molar-refractivity contribution in [3.05, 3.63) is 35.4 Å². The molecule has 0 atom stereocenters. The lowest BCUT2D eigenvalue weighted by Crippen LogP contribution is -1.87. The minimum atomic E-state index is -0.192. The highest BCUT2D eigenvalue weighted by molar-refractivity contribution is 5.57. The molecular weight excluding hydrogens is 179 g/mol. The van der Waals surface area contributed by atoms with Crippen molar-refractivity contribution in [1.82, 2.24) is 9.61 Å². The average molecular weight is 190 g/mol. The Labute approximate surface area is 81.4 Å². The molecule has 0 aromatic carbocycles. The molecule has 1 saturated carbocycles. The van der Waals surface area contributed by atoms with Gasteiger partial charge in [0.25, 0.3) is 0 Å². The first-order valence-electron chi connectivity index (χ1n) is 4.90. The summed E-state index contributed by atoms with van der Waals surface area (Å²) in [7, 11) is 0. The number of aryl methyl sites for hydroxylation is 1. The van der Waals surface area contributed by atoms with Crippen LogP contribution in [0.3, 0.4) is 0 Å². The predicted octanol–water partition coefficient (Wildman–Crippen LogP) is 2.66. The number of halogens is 1. The second kappa shape index (κ2) is 2.56. The molecule has 2 aromatic rings. The van der Waals surface area contributed by atoms with Gasteiger partial charge in [-0.3, -0.25) is 0 Å². The fourth-order valence-electron chi connectivity index (χ4n) is 1.90. The van der Waals surface area contributed by atoms with Crippen molar-refractivity contribution in [2.45, 2.75) is 25.7 Å². The highest BCUT2D eigenvalue weighted by Gasteiger charge is 2.28. The van der Waals surface area contributed by atoms with E-state index in [1.165, 1.54) is 18.9 Å². The Morgan fingerprint density at radius 3 is 3.00 bits per heavy atom. The Bertz CT molecular complexity index is 497. The van der Waals surface area contributed by atoms with Crippen molar-refractivity contribution in [1.29, 1.82) is 0 Å². The number of pyridine rings is 1. The highest BCUT2D eigenvalue weighted by atomic mass is 19.1. The number of hydrogen-bond donors (Lipinski definition) is 0. The van der Waals surface area contributed by atoms with Crippen molar-refractivity contribution < 1.29 is 4.39 Å². The van der Waals surface area contributed by atoms with E-state index in [0.29, 0.717) is 5.92 Å². The predicted molar refractivity (Wildman–Crippen MR) is 51.9 cm³/mol. The minimum absolute atomic E-state index is 0.192. The lowest BCUT2D eigenvalue weighted by molar-refractivity contribution is 0.625. The molecule has 1 aliphatic rings. The van der Waals surface area contributed by atoms with E-state index < -0.39 is 0 Å². The first kappa shape index (κ1) is 7.97. The third-order valence-electron chi connectivity index (χ3n) is 2.84. The van der Waals surface area contributed by atoms with Crippen molar-refractivity contribution in [3.63, 3.8) is 0 Å². The summed E-state index contributed by atoms with van der Waals surface area (Å²) in [6.45, 7) is 2.02. The Morgan fingerprint density at radius 1 is 1.50 bits per heavy atom. The molecule has 3 rings (SSSR count). The molecule has 72 valence electrons. The van der Waals surface area contributed by atoms with Gasteiger partial charge in [-0.2, -0.15) is 5.10 Å². The smallest absolute Gasteiger partial charge is 0.126 e. The highest BCUT2D eigenvalue weighted by Crippen LogP contribution is 2.41. The molecule has 1 fully saturated rings. The standard InChI is InChI=1S/C11H11FN2/c1-7-10-6-9(12)4-5-14(10)13-11(7)8-2-3-8/h4-6,8H,2-3H2,1H3. The second-order valence-corrected chi connectivity index (χ2v) is 3.96. The summed E-state index contributed by atoms with van der Waals surface area (Å²) in [6.07, 6.45) is 4.14. The third kappa shape index (κ3) is 1.05. The van der Waals surface area contributed by atoms with Gasteiger partial charge in [-0.15, -0.1) is 0 Å². The third-order valence-corrected chi connectivity index (χ3v) is 2.84. The van der Waals surface area contributed by atoms with Gasteiger partial charge in [-0.25, -0.2) is 8.91 Å². The zero-order valence-corrected chi connectivity index (χ0v) is 8.00. The van der Waals surface area contributed by atoms with Crippen LogP contribution in [0.2, 0.25) is 0 Å². The van der Waals surface area contributed by atoms with Crippen LogP contribution in [-0.2, 0) is 0 Å². The number of hydrogen-bond acceptors (Lipinski definition) is 1. The van der Waals surface area contributed by atoms with Crippen molar-refractivity contribution in [2.24, 2.45) is 0 Å². The summed E-state index contributed by atoms with van der Waals surface area (Å²) in [4.78, 5) is 0. The number of aromatic nitrogens is 2. The molecule has 0 unspecified atom stereocenters. The zero-order chi connectivity index (χ0) is 9.71. The van der Waals surface area contributed by atoms with E-state index in [-0.39, 0.29) is 5.82 Å². The maximum atomic E-state index is 13.0. The van der Waals surface area contributed by atoms with Crippen LogP contribution < -0.4 is 0 Å². The van der Waals surface area contributed by atoms with E-state index in [4.69, 9.17) is 0 Å². The van der Waals surface area contributed by atoms with Crippen molar-refractivity contribution in [3.8, 4) is 0 Å². The Balaban J connectivity index is 2.29. The van der Waals surface area contributed by atoms with Gasteiger partial charge in [-0.05, 0) is 37.5 Å². The molecule has 2 aromatic heterocycles. The quantitative estimate of drug-likeness (QED) is 0.675. The Kier molecular flexibility index (Phi) is 1.46. The molecule has 0 bridgehead atoms. The molecular formula is C11H11FN2. The van der Waals surface area contributed by atoms with Gasteiger partial charge in [0.05, 0.1) is 11.2 Å². The average Bonchev–Trinajstić information content (AvgIpc) is 2.95. The van der Waals surface area contributed by atoms with Crippen LogP contribution in [0.4, 0.5) is 4.39 Å². The van der Waals surface area contributed by atoms with Crippen LogP contribution in [0, 0.1) is 12.7 Å². The maximum Gasteiger partial charge on any atom is 0.126 e. The maximum absolute atomic E-state index is 13.0. The van der Waals surface area contributed by atoms with Crippen molar-refractivity contribution >= 4 is 5.52 Å². The largest absolute Gasteiger partial charge is 0.240 e. The van der Waals surface area contributed by atoms with Crippen LogP contribution in [0.5, 0.6) is 0 Å². The molecule has 0 saturated heterocycles. The van der Waals surface area contributed by atoms with E-state index in [2.05, 4.69) is 5.10 Å². The monoisotopic (exact) mass is 190 g/mol. The summed E-state index contributed by atoms with van der Waals surface area (Å²) in [5.74, 6) is 0.431. The van der Waals surface area contributed by atoms with E-state index in [0.717, 1.165) is 16.8 Å². The van der Waals surface area contributed by atoms with Gasteiger partial charge in [-0.1, -0.05) is 0 Å². The van der Waals surface area contributed by atoms with E-state index in [1.54, 1.807) is 16.8 Å². The Morgan fingerprint density at radius 2 is 2.29 bits per heavy atom. The molecule has 0 spiro atoms. The zero-order valence-electron chi connectivity index (χ0n) is 8.00. The normalized spacial score (nSPS) is 16.4. The fourth-order valence-corrected chi connectivity index (χ4v) is 1.90. The minimum Gasteiger partial charge on any atom is -0.240 e. The first-order valence-corrected chi connectivity index (χ1v) is 4.90. The molecule has 2 heterocycles. The summed E-state index contributed by atoms with van der Waals surface area (Å²) in [5, 5.41) is 4.47. The number of fused-ring (bicyclic) bond motifs is 1. The summed E-state index contributed by atoms with van der Waals surface area (Å²) < 4.78 is 14.8. The Hall–Kier alpha value is -1.38. The van der Waals surface area contributed by atoms with E-state index in [9.17, 15) is 4.39 Å². The van der Waals surface area contributed by atoms with Crippen LogP contribution >= 0.6 is 0 Å². The lowest BCUT2D eigenvalue weighted by Gasteiger charge is -1.92. The molecule has 14 heavy (non-hydrogen) atoms. The summed E-state index contributed by atoms with van der Waals surface area (Å²) >= 11 is 0. The number of rotatable bonds is 1. The molecule has 1 aliphatic carbocycles. The topological polar surface area (TPSA) is 17.3 Å². The SMILES string of the molecule is Cc1c(C2CC2)nn2ccc(F)cc12. The van der Waals surface area contributed by atoms with Gasteiger partial charge >= 0.3 is 0 Å². The molecule has 0 N–H and O–H groups in total. The van der Waals surface area contributed by atoms with Gasteiger partial charge in [0, 0.05) is 12.1 Å². The fraction of sp³-hybridized carbons (Fsp3) is 0.364. The molecule has 0 amide bonds. The number of nitrogens with zero attached hydrogens (tertiary/aromatic N) is 2. The lowest BCUT2D eigenvalue weighted by atomic mass is 10.1. The van der Waals surface area contributed by atoms with E-state index in [1.807, 2.05) is 6.92 Å². The molecule has 0 radical (unpaired) electrons. The summed E-state index contributed by atoms with van der Waals surface area (Å²) in [5.41, 5.74) is 3.18. The van der Waals surface area contributed by atoms with Gasteiger partial charge in [0.15, 0.2) is 0 Å². The van der Waals surface area contributed by atoms with Crippen LogP contribution in [0.15, 0.2) is 18.3 Å². The summed E-state index contributed by atoms with van der Waals surface area (Å²) in [6, 6.07) is 2.99. The molecule has 2 nitrogen and oxygen atoms in total. The van der Waals surface area contributed by atoms with E-state index >= 15 is 0 Å². The van der Waals surface area contributed by atoms with Gasteiger partial charge in [0.2, 0.25) is 0 Å². The van der Waals surface area contributed by atoms with Gasteiger partial charge < -0.3 is 0 Å². The second-order valence-electron chi connectivity index (χ2n) is 3.96. The van der Waals surface area contributed by atoms with Crippen LogP contribution in [0.25, 0.3) is 5.52 Å².